The van der Waals surface area contributed by atoms with Gasteiger partial charge in [0.05, 0.1) is 17.3 Å². The fraction of sp³-hybridized carbons (Fsp3) is 0.625. The SMILES string of the molecule is CCC=CCSCC(=O)OCC(COC(=O)CSCC=CCC)OC(=O)CSCC=CCC. The Kier molecular flexibility index (Phi) is 22.9. The predicted octanol–water partition coefficient (Wildman–Crippen LogP) is 5.08. The van der Waals surface area contributed by atoms with E-state index in [1.165, 1.54) is 35.3 Å². The lowest BCUT2D eigenvalue weighted by molar-refractivity contribution is -0.163. The van der Waals surface area contributed by atoms with E-state index in [2.05, 4.69) is 0 Å². The molecule has 0 saturated heterocycles. The van der Waals surface area contributed by atoms with Crippen molar-refractivity contribution in [2.24, 2.45) is 0 Å². The van der Waals surface area contributed by atoms with E-state index in [0.717, 1.165) is 30.8 Å². The molecule has 0 N–H and O–H groups in total. The summed E-state index contributed by atoms with van der Waals surface area (Å²) in [5, 5.41) is 0. The van der Waals surface area contributed by atoms with Crippen molar-refractivity contribution in [3.63, 3.8) is 0 Å². The second-order valence-electron chi connectivity index (χ2n) is 6.66. The minimum absolute atomic E-state index is 0.143. The maximum atomic E-state index is 12.1. The number of allylic oxidation sites excluding steroid dienone is 3. The molecule has 0 aromatic rings. The third-order valence-corrected chi connectivity index (χ3v) is 6.27. The Bertz CT molecular complexity index is 583. The summed E-state index contributed by atoms with van der Waals surface area (Å²) in [6.07, 6.45) is 14.2. The largest absolute Gasteiger partial charge is 0.461 e. The standard InChI is InChI=1S/C24H38O6S3/c1-4-7-10-13-31-18-22(25)28-16-21(30-24(27)20-33-15-12-9-6-3)17-29-23(26)19-32-14-11-8-5-2/h7-12,21H,4-6,13-20H2,1-3H3. The molecule has 0 amide bonds. The van der Waals surface area contributed by atoms with Crippen molar-refractivity contribution in [2.45, 2.75) is 46.1 Å². The number of hydrogen-bond acceptors (Lipinski definition) is 9. The lowest BCUT2D eigenvalue weighted by Crippen LogP contribution is -2.32. The molecule has 0 atom stereocenters. The van der Waals surface area contributed by atoms with E-state index >= 15 is 0 Å². The Labute approximate surface area is 211 Å². The Morgan fingerprint density at radius 1 is 0.606 bits per heavy atom. The highest BCUT2D eigenvalue weighted by molar-refractivity contribution is 8.00. The molecule has 0 spiro atoms. The van der Waals surface area contributed by atoms with Crippen molar-refractivity contribution in [3.8, 4) is 0 Å². The van der Waals surface area contributed by atoms with E-state index < -0.39 is 24.0 Å². The molecule has 33 heavy (non-hydrogen) atoms. The van der Waals surface area contributed by atoms with Crippen molar-refractivity contribution in [2.75, 3.05) is 47.7 Å². The van der Waals surface area contributed by atoms with Crippen LogP contribution in [0.25, 0.3) is 0 Å². The van der Waals surface area contributed by atoms with Crippen molar-refractivity contribution in [3.05, 3.63) is 36.5 Å². The van der Waals surface area contributed by atoms with Gasteiger partial charge < -0.3 is 14.2 Å². The Morgan fingerprint density at radius 3 is 1.33 bits per heavy atom. The number of carbonyl (C=O) groups excluding carboxylic acids is 3. The minimum Gasteiger partial charge on any atom is -0.461 e. The van der Waals surface area contributed by atoms with E-state index in [1.54, 1.807) is 0 Å². The third kappa shape index (κ3) is 22.2. The molecule has 0 radical (unpaired) electrons. The molecule has 9 heteroatoms. The van der Waals surface area contributed by atoms with Gasteiger partial charge in [0, 0.05) is 17.3 Å². The molecule has 0 unspecified atom stereocenters. The summed E-state index contributed by atoms with van der Waals surface area (Å²) in [5.41, 5.74) is 0. The second kappa shape index (κ2) is 23.8. The first-order valence-corrected chi connectivity index (χ1v) is 14.7. The summed E-state index contributed by atoms with van der Waals surface area (Å²) in [4.78, 5) is 36.1. The van der Waals surface area contributed by atoms with Gasteiger partial charge in [-0.3, -0.25) is 14.4 Å². The van der Waals surface area contributed by atoms with Gasteiger partial charge in [-0.25, -0.2) is 0 Å². The number of ether oxygens (including phenoxy) is 3. The Morgan fingerprint density at radius 2 is 0.970 bits per heavy atom. The van der Waals surface area contributed by atoms with E-state index in [4.69, 9.17) is 14.2 Å². The van der Waals surface area contributed by atoms with Crippen LogP contribution < -0.4 is 0 Å². The zero-order valence-electron chi connectivity index (χ0n) is 20.0. The normalized spacial score (nSPS) is 12.5. The van der Waals surface area contributed by atoms with Crippen LogP contribution in [0.1, 0.15) is 40.0 Å². The highest BCUT2D eigenvalue weighted by atomic mass is 32.2. The monoisotopic (exact) mass is 518 g/mol. The van der Waals surface area contributed by atoms with Crippen LogP contribution in [0, 0.1) is 0 Å². The van der Waals surface area contributed by atoms with E-state index in [-0.39, 0.29) is 30.5 Å². The maximum absolute atomic E-state index is 12.1. The molecule has 0 aliphatic carbocycles. The van der Waals surface area contributed by atoms with Crippen molar-refractivity contribution < 1.29 is 28.6 Å². The van der Waals surface area contributed by atoms with Gasteiger partial charge in [-0.1, -0.05) is 57.2 Å². The molecule has 6 nitrogen and oxygen atoms in total. The minimum atomic E-state index is -0.827. The summed E-state index contributed by atoms with van der Waals surface area (Å²) in [5.74, 6) is 1.54. The number of rotatable bonds is 20. The molecule has 188 valence electrons. The number of esters is 3. The van der Waals surface area contributed by atoms with Gasteiger partial charge in [-0.15, -0.1) is 35.3 Å². The molecular weight excluding hydrogens is 480 g/mol. The summed E-state index contributed by atoms with van der Waals surface area (Å²) < 4.78 is 15.9. The van der Waals surface area contributed by atoms with Crippen molar-refractivity contribution >= 4 is 53.2 Å². The molecule has 0 rings (SSSR count). The number of carbonyl (C=O) groups is 3. The van der Waals surface area contributed by atoms with Crippen LogP contribution >= 0.6 is 35.3 Å². The average Bonchev–Trinajstić information content (AvgIpc) is 2.80. The molecule has 0 fully saturated rings. The topological polar surface area (TPSA) is 78.9 Å². The lowest BCUT2D eigenvalue weighted by Gasteiger charge is -2.18. The first kappa shape index (κ1) is 31.7. The zero-order valence-corrected chi connectivity index (χ0v) is 22.4. The van der Waals surface area contributed by atoms with Crippen LogP contribution in [-0.2, 0) is 28.6 Å². The molecule has 0 aromatic heterocycles. The third-order valence-electron chi connectivity index (χ3n) is 3.67. The van der Waals surface area contributed by atoms with Crippen LogP contribution in [0.4, 0.5) is 0 Å². The second-order valence-corrected chi connectivity index (χ2v) is 9.75. The molecule has 0 bridgehead atoms. The molecule has 0 saturated carbocycles. The van der Waals surface area contributed by atoms with E-state index in [9.17, 15) is 14.4 Å². The summed E-state index contributed by atoms with van der Waals surface area (Å²) in [6, 6.07) is 0. The summed E-state index contributed by atoms with van der Waals surface area (Å²) >= 11 is 4.32. The molecule has 0 aliphatic rings. The average molecular weight is 519 g/mol. The van der Waals surface area contributed by atoms with E-state index in [1.807, 2.05) is 57.2 Å². The maximum Gasteiger partial charge on any atom is 0.316 e. The Hall–Kier alpha value is -1.32. The van der Waals surface area contributed by atoms with Gasteiger partial charge in [-0.05, 0) is 19.3 Å². The molecule has 0 aromatic carbocycles. The van der Waals surface area contributed by atoms with Crippen LogP contribution in [0.15, 0.2) is 36.5 Å². The predicted molar refractivity (Wildman–Crippen MR) is 142 cm³/mol. The molecule has 0 heterocycles. The highest BCUT2D eigenvalue weighted by Crippen LogP contribution is 2.08. The van der Waals surface area contributed by atoms with Crippen LogP contribution in [0.3, 0.4) is 0 Å². The van der Waals surface area contributed by atoms with Crippen LogP contribution in [0.5, 0.6) is 0 Å². The smallest absolute Gasteiger partial charge is 0.316 e. The van der Waals surface area contributed by atoms with Crippen LogP contribution in [-0.4, -0.2) is 71.7 Å². The van der Waals surface area contributed by atoms with E-state index in [0.29, 0.717) is 5.75 Å². The Balaban J connectivity index is 4.49. The van der Waals surface area contributed by atoms with Gasteiger partial charge in [0.25, 0.3) is 0 Å². The number of thioether (sulfide) groups is 3. The van der Waals surface area contributed by atoms with Gasteiger partial charge >= 0.3 is 17.9 Å². The van der Waals surface area contributed by atoms with Crippen LogP contribution in [0.2, 0.25) is 0 Å². The van der Waals surface area contributed by atoms with Crippen molar-refractivity contribution in [1.82, 2.24) is 0 Å². The fourth-order valence-electron chi connectivity index (χ4n) is 2.13. The van der Waals surface area contributed by atoms with Gasteiger partial charge in [0.2, 0.25) is 0 Å². The number of hydrogen-bond donors (Lipinski definition) is 0. The zero-order chi connectivity index (χ0) is 24.6. The quantitative estimate of drug-likeness (QED) is 0.0948. The first-order chi connectivity index (χ1) is 16.0. The fourth-order valence-corrected chi connectivity index (χ4v) is 4.03. The summed E-state index contributed by atoms with van der Waals surface area (Å²) in [6.45, 7) is 5.86. The van der Waals surface area contributed by atoms with Crippen molar-refractivity contribution in [1.29, 1.82) is 0 Å². The lowest BCUT2D eigenvalue weighted by atomic mass is 10.4. The van der Waals surface area contributed by atoms with Gasteiger partial charge in [0.1, 0.15) is 13.2 Å². The summed E-state index contributed by atoms with van der Waals surface area (Å²) in [7, 11) is 0. The van der Waals surface area contributed by atoms with Gasteiger partial charge in [0.15, 0.2) is 6.10 Å². The molecule has 0 aliphatic heterocycles. The van der Waals surface area contributed by atoms with Gasteiger partial charge in [-0.2, -0.15) is 0 Å². The molecular formula is C24H38O6S3. The highest BCUT2D eigenvalue weighted by Gasteiger charge is 2.19. The first-order valence-electron chi connectivity index (χ1n) is 11.2.